The maximum absolute atomic E-state index is 13.5. The van der Waals surface area contributed by atoms with Gasteiger partial charge in [0, 0.05) is 16.5 Å². The molecular formula is C36H29ClN2O6. The van der Waals surface area contributed by atoms with E-state index < -0.39 is 12.1 Å². The number of pyridine rings is 1. The standard InChI is InChI=1S/C36H29ClN2O6/c1-18-15-22-16-26(18)31-30(22)34(41)39(35(31)42)23-11-7-20(8-12-23)29-17-27(25-5-4-6-28(37)32(25)38-29)36(43)45-19(2)33(40)21-9-13-24(44-3)14-10-21/h4-15,17,19,22,26,30-31H,16H2,1-3H3. The fourth-order valence-electron chi connectivity index (χ4n) is 7.11. The van der Waals surface area contributed by atoms with E-state index in [-0.39, 0.29) is 46.8 Å². The van der Waals surface area contributed by atoms with Gasteiger partial charge in [0.05, 0.1) is 46.4 Å². The highest BCUT2D eigenvalue weighted by atomic mass is 35.5. The maximum atomic E-state index is 13.5. The van der Waals surface area contributed by atoms with Crippen molar-refractivity contribution in [2.45, 2.75) is 26.4 Å². The third-order valence-electron chi connectivity index (χ3n) is 9.34. The molecule has 2 aliphatic carbocycles. The first kappa shape index (κ1) is 28.9. The fourth-order valence-corrected chi connectivity index (χ4v) is 7.32. The van der Waals surface area contributed by atoms with Gasteiger partial charge in [0.2, 0.25) is 17.6 Å². The largest absolute Gasteiger partial charge is 0.497 e. The average Bonchev–Trinajstić information content (AvgIpc) is 3.70. The number of ether oxygens (including phenoxy) is 2. The molecule has 2 bridgehead atoms. The van der Waals surface area contributed by atoms with Crippen LogP contribution in [0.25, 0.3) is 22.2 Å². The number of imide groups is 1. The van der Waals surface area contributed by atoms with Gasteiger partial charge in [0.15, 0.2) is 6.10 Å². The van der Waals surface area contributed by atoms with E-state index in [1.807, 2.05) is 6.92 Å². The van der Waals surface area contributed by atoms with Gasteiger partial charge in [0.1, 0.15) is 5.75 Å². The third kappa shape index (κ3) is 4.71. The molecule has 5 unspecified atom stereocenters. The van der Waals surface area contributed by atoms with E-state index in [1.54, 1.807) is 72.8 Å². The highest BCUT2D eigenvalue weighted by Gasteiger charge is 2.60. The maximum Gasteiger partial charge on any atom is 0.339 e. The molecule has 2 heterocycles. The van der Waals surface area contributed by atoms with Crippen LogP contribution >= 0.6 is 11.6 Å². The van der Waals surface area contributed by atoms with Gasteiger partial charge in [-0.3, -0.25) is 19.3 Å². The molecule has 1 aliphatic heterocycles. The second-order valence-electron chi connectivity index (χ2n) is 11.9. The first-order valence-electron chi connectivity index (χ1n) is 14.8. The number of benzene rings is 3. The zero-order valence-corrected chi connectivity index (χ0v) is 25.6. The van der Waals surface area contributed by atoms with Gasteiger partial charge in [-0.15, -0.1) is 0 Å². The SMILES string of the molecule is COc1ccc(C(=O)C(C)OC(=O)c2cc(-c3ccc(N4C(=O)C5C6C=C(C)C(C6)C5C4=O)cc3)nc3c(Cl)cccc23)cc1. The number of aromatic nitrogens is 1. The van der Waals surface area contributed by atoms with E-state index in [1.165, 1.54) is 24.5 Å². The lowest BCUT2D eigenvalue weighted by Gasteiger charge is -2.19. The number of hydrogen-bond donors (Lipinski definition) is 0. The Morgan fingerprint density at radius 1 is 0.978 bits per heavy atom. The number of para-hydroxylation sites is 1. The molecule has 0 N–H and O–H groups in total. The number of carbonyl (C=O) groups excluding carboxylic acids is 4. The van der Waals surface area contributed by atoms with E-state index in [2.05, 4.69) is 6.08 Å². The minimum Gasteiger partial charge on any atom is -0.497 e. The van der Waals surface area contributed by atoms with Crippen molar-refractivity contribution in [3.63, 3.8) is 0 Å². The van der Waals surface area contributed by atoms with Crippen LogP contribution in [0, 0.1) is 23.7 Å². The monoisotopic (exact) mass is 620 g/mol. The van der Waals surface area contributed by atoms with Crippen molar-refractivity contribution in [3.05, 3.63) is 101 Å². The average molecular weight is 621 g/mol. The van der Waals surface area contributed by atoms with Gasteiger partial charge in [-0.25, -0.2) is 9.78 Å². The van der Waals surface area contributed by atoms with E-state index >= 15 is 0 Å². The molecule has 1 aromatic heterocycles. The molecule has 0 radical (unpaired) electrons. The molecule has 226 valence electrons. The summed E-state index contributed by atoms with van der Waals surface area (Å²) < 4.78 is 10.8. The minimum atomic E-state index is -1.06. The summed E-state index contributed by atoms with van der Waals surface area (Å²) in [5.74, 6) is -1.05. The van der Waals surface area contributed by atoms with Gasteiger partial charge >= 0.3 is 5.97 Å². The normalized spacial score (nSPS) is 22.4. The molecule has 5 atom stereocenters. The third-order valence-corrected chi connectivity index (χ3v) is 9.64. The van der Waals surface area contributed by atoms with Gasteiger partial charge in [-0.05, 0) is 80.6 Å². The number of rotatable bonds is 7. The topological polar surface area (TPSA) is 103 Å². The van der Waals surface area contributed by atoms with Crippen LogP contribution in [0.2, 0.25) is 5.02 Å². The van der Waals surface area contributed by atoms with Crippen molar-refractivity contribution in [1.29, 1.82) is 0 Å². The molecule has 9 heteroatoms. The Hall–Kier alpha value is -4.82. The van der Waals surface area contributed by atoms with Gasteiger partial charge in [-0.1, -0.05) is 47.5 Å². The Balaban J connectivity index is 1.17. The van der Waals surface area contributed by atoms with Crippen molar-refractivity contribution in [2.75, 3.05) is 12.0 Å². The summed E-state index contributed by atoms with van der Waals surface area (Å²) in [5.41, 5.74) is 3.78. The van der Waals surface area contributed by atoms with Crippen LogP contribution < -0.4 is 9.64 Å². The van der Waals surface area contributed by atoms with Gasteiger partial charge in [0.25, 0.3) is 0 Å². The van der Waals surface area contributed by atoms with Crippen LogP contribution in [0.4, 0.5) is 5.69 Å². The Bertz CT molecular complexity index is 1930. The number of anilines is 1. The molecule has 3 aliphatic rings. The molecule has 0 spiro atoms. The summed E-state index contributed by atoms with van der Waals surface area (Å²) in [6.45, 7) is 3.57. The molecule has 45 heavy (non-hydrogen) atoms. The quantitative estimate of drug-likeness (QED) is 0.0981. The van der Waals surface area contributed by atoms with Crippen LogP contribution in [-0.2, 0) is 14.3 Å². The van der Waals surface area contributed by atoms with Crippen LogP contribution in [-0.4, -0.2) is 41.8 Å². The second kappa shape index (κ2) is 11.0. The van der Waals surface area contributed by atoms with Crippen molar-refractivity contribution in [1.82, 2.24) is 4.98 Å². The number of allylic oxidation sites excluding steroid dienone is 2. The summed E-state index contributed by atoms with van der Waals surface area (Å²) >= 11 is 6.52. The van der Waals surface area contributed by atoms with Crippen LogP contribution in [0.3, 0.4) is 0 Å². The summed E-state index contributed by atoms with van der Waals surface area (Å²) in [4.78, 5) is 59.4. The zero-order valence-electron chi connectivity index (χ0n) is 24.8. The number of methoxy groups -OCH3 is 1. The summed E-state index contributed by atoms with van der Waals surface area (Å²) in [6, 6.07) is 20.3. The number of Topliss-reactive ketones (excluding diaryl/α,β-unsaturated/α-hetero) is 1. The number of nitrogens with zero attached hydrogens (tertiary/aromatic N) is 2. The summed E-state index contributed by atoms with van der Waals surface area (Å²) in [6.07, 6.45) is 1.97. The zero-order chi connectivity index (χ0) is 31.6. The highest BCUT2D eigenvalue weighted by Crippen LogP contribution is 2.56. The van der Waals surface area contributed by atoms with E-state index in [0.29, 0.717) is 44.2 Å². The predicted molar refractivity (Wildman–Crippen MR) is 169 cm³/mol. The molecule has 1 saturated carbocycles. The number of halogens is 1. The Morgan fingerprint density at radius 2 is 1.69 bits per heavy atom. The number of amides is 2. The smallest absolute Gasteiger partial charge is 0.339 e. The predicted octanol–water partition coefficient (Wildman–Crippen LogP) is 6.69. The Labute approximate surface area is 264 Å². The lowest BCUT2D eigenvalue weighted by molar-refractivity contribution is -0.123. The van der Waals surface area contributed by atoms with E-state index in [9.17, 15) is 19.2 Å². The summed E-state index contributed by atoms with van der Waals surface area (Å²) in [7, 11) is 1.54. The molecule has 8 nitrogen and oxygen atoms in total. The lowest BCUT2D eigenvalue weighted by Crippen LogP contribution is -2.32. The molecule has 2 amide bonds. The van der Waals surface area contributed by atoms with Crippen molar-refractivity contribution < 1.29 is 28.7 Å². The van der Waals surface area contributed by atoms with Gasteiger partial charge in [-0.2, -0.15) is 0 Å². The van der Waals surface area contributed by atoms with Crippen molar-refractivity contribution >= 4 is 51.8 Å². The molecule has 7 rings (SSSR count). The van der Waals surface area contributed by atoms with Crippen molar-refractivity contribution in [2.24, 2.45) is 23.7 Å². The van der Waals surface area contributed by atoms with Crippen LogP contribution in [0.15, 0.2) is 84.4 Å². The highest BCUT2D eigenvalue weighted by molar-refractivity contribution is 6.35. The first-order valence-corrected chi connectivity index (χ1v) is 15.2. The molecule has 3 aromatic carbocycles. The number of ketones is 1. The first-order chi connectivity index (χ1) is 21.7. The van der Waals surface area contributed by atoms with E-state index in [0.717, 1.165) is 6.42 Å². The number of esters is 1. The molecule has 2 fully saturated rings. The van der Waals surface area contributed by atoms with Crippen molar-refractivity contribution in [3.8, 4) is 17.0 Å². The second-order valence-corrected chi connectivity index (χ2v) is 12.3. The fraction of sp³-hybridized carbons (Fsp3) is 0.250. The molecule has 4 aromatic rings. The minimum absolute atomic E-state index is 0.125. The molecule has 1 saturated heterocycles. The van der Waals surface area contributed by atoms with Crippen LogP contribution in [0.5, 0.6) is 5.75 Å². The van der Waals surface area contributed by atoms with E-state index in [4.69, 9.17) is 26.1 Å². The number of hydrogen-bond acceptors (Lipinski definition) is 7. The van der Waals surface area contributed by atoms with Crippen LogP contribution in [0.1, 0.15) is 41.0 Å². The lowest BCUT2D eigenvalue weighted by atomic mass is 9.82. The number of fused-ring (bicyclic) bond motifs is 6. The summed E-state index contributed by atoms with van der Waals surface area (Å²) in [5, 5.41) is 0.830. The molecular weight excluding hydrogens is 592 g/mol. The van der Waals surface area contributed by atoms with Gasteiger partial charge < -0.3 is 9.47 Å². The number of carbonyl (C=O) groups is 4. The Kier molecular flexibility index (Phi) is 7.05. The Morgan fingerprint density at radius 3 is 2.40 bits per heavy atom.